The molecule has 2 aliphatic rings. The van der Waals surface area contributed by atoms with E-state index < -0.39 is 29.8 Å². The van der Waals surface area contributed by atoms with E-state index >= 15 is 0 Å². The van der Waals surface area contributed by atoms with E-state index in [-0.39, 0.29) is 37.1 Å². The van der Waals surface area contributed by atoms with Crippen LogP contribution < -0.4 is 5.32 Å². The van der Waals surface area contributed by atoms with Crippen LogP contribution in [0.4, 0.5) is 28.4 Å². The topological polar surface area (TPSA) is 124 Å². The molecule has 1 saturated heterocycles. The smallest absolute Gasteiger partial charge is 0.416 e. The molecule has 4 amide bonds. The molecule has 0 unspecified atom stereocenters. The maximum atomic E-state index is 13.3. The Morgan fingerprint density at radius 2 is 1.86 bits per heavy atom. The summed E-state index contributed by atoms with van der Waals surface area (Å²) in [6.45, 7) is 1.00. The molecule has 2 heterocycles. The van der Waals surface area contributed by atoms with Crippen LogP contribution in [0.5, 0.6) is 0 Å². The molecule has 2 N–H and O–H groups in total. The summed E-state index contributed by atoms with van der Waals surface area (Å²) in [7, 11) is 0. The third-order valence-electron chi connectivity index (χ3n) is 7.05. The van der Waals surface area contributed by atoms with Gasteiger partial charge in [0.25, 0.3) is 5.91 Å². The van der Waals surface area contributed by atoms with Crippen LogP contribution in [0, 0.1) is 0 Å². The van der Waals surface area contributed by atoms with Gasteiger partial charge in [-0.25, -0.2) is 9.59 Å². The molecule has 1 atom stereocenters. The lowest BCUT2D eigenvalue weighted by atomic mass is 10.0. The van der Waals surface area contributed by atoms with Crippen LogP contribution in [-0.4, -0.2) is 76.5 Å². The summed E-state index contributed by atoms with van der Waals surface area (Å²) in [5, 5.41) is 11.4. The molecule has 2 aliphatic heterocycles. The zero-order valence-electron chi connectivity index (χ0n) is 23.4. The minimum atomic E-state index is -4.60. The number of nitrogens with zero attached hydrogens (tertiary/aromatic N) is 4. The number of para-hydroxylation sites is 1. The van der Waals surface area contributed by atoms with E-state index in [1.807, 2.05) is 24.3 Å². The molecule has 0 spiro atoms. The Balaban J connectivity index is 1.43. The van der Waals surface area contributed by atoms with E-state index in [0.717, 1.165) is 29.6 Å². The molecule has 0 bridgehead atoms. The normalized spacial score (nSPS) is 15.5. The number of fused-ring (bicyclic) bond motifs is 1. The van der Waals surface area contributed by atoms with Crippen molar-refractivity contribution in [1.82, 2.24) is 9.80 Å². The number of amides is 4. The second-order valence-corrected chi connectivity index (χ2v) is 9.87. The van der Waals surface area contributed by atoms with Crippen molar-refractivity contribution < 1.29 is 37.4 Å². The molecule has 44 heavy (non-hydrogen) atoms. The molecule has 1 fully saturated rings. The van der Waals surface area contributed by atoms with E-state index in [1.165, 1.54) is 17.0 Å². The highest BCUT2D eigenvalue weighted by Gasteiger charge is 2.34. The number of piperidine rings is 1. The standard InChI is InChI=1S/C31H28F3N5O5/c32-31(33,34)24-8-3-6-22(20-24)21-27(28(41)36-15-4-13-35-14-5-19-40)44-30(43)38-16-11-25(12-17-38)39-18-10-23-7-1-2-9-26(23)37-29(39)42/h1-3,6-9,13,19-20,25,27,40H,10-12,16-18,21H2,(H,37,42)/t27-/m1/s1. The number of ether oxygens (including phenoxy) is 1. The van der Waals surface area contributed by atoms with Crippen molar-refractivity contribution >= 4 is 35.5 Å². The summed E-state index contributed by atoms with van der Waals surface area (Å²) in [6.07, 6.45) is -4.12. The maximum Gasteiger partial charge on any atom is 0.416 e. The number of rotatable bonds is 6. The summed E-state index contributed by atoms with van der Waals surface area (Å²) < 4.78 is 45.2. The molecule has 10 nitrogen and oxygen atoms in total. The molecule has 0 saturated carbocycles. The van der Waals surface area contributed by atoms with Crippen LogP contribution in [0.25, 0.3) is 0 Å². The molecule has 13 heteroatoms. The average Bonchev–Trinajstić information content (AvgIpc) is 3.18. The SMILES string of the molecule is O=C(N=C=C=CN=C=C=CO)[C@@H](Cc1cccc(C(F)(F)F)c1)OC(=O)N1CCC(N2CCc3ccccc3NC2=O)CC1. The number of aliphatic hydroxyl groups excluding tert-OH is 1. The van der Waals surface area contributed by atoms with E-state index in [9.17, 15) is 27.6 Å². The van der Waals surface area contributed by atoms with Crippen molar-refractivity contribution in [3.63, 3.8) is 0 Å². The number of alkyl halides is 3. The predicted octanol–water partition coefficient (Wildman–Crippen LogP) is 5.07. The molecular weight excluding hydrogens is 579 g/mol. The van der Waals surface area contributed by atoms with Crippen molar-refractivity contribution in [1.29, 1.82) is 0 Å². The zero-order valence-corrected chi connectivity index (χ0v) is 23.4. The van der Waals surface area contributed by atoms with Gasteiger partial charge >= 0.3 is 18.3 Å². The van der Waals surface area contributed by atoms with Crippen molar-refractivity contribution in [2.75, 3.05) is 25.0 Å². The number of nitrogens with one attached hydrogen (secondary N) is 1. The number of carbonyl (C=O) groups is 3. The first-order valence-electron chi connectivity index (χ1n) is 13.7. The Labute approximate surface area is 250 Å². The lowest BCUT2D eigenvalue weighted by molar-refractivity contribution is -0.137. The highest BCUT2D eigenvalue weighted by molar-refractivity contribution is 5.91. The summed E-state index contributed by atoms with van der Waals surface area (Å²) in [5.41, 5.74) is 5.48. The quantitative estimate of drug-likeness (QED) is 0.270. The van der Waals surface area contributed by atoms with E-state index in [4.69, 9.17) is 9.84 Å². The number of likely N-dealkylation sites (tertiary alicyclic amines) is 1. The number of aliphatic imine (C=N–C) groups is 2. The highest BCUT2D eigenvalue weighted by Crippen LogP contribution is 2.30. The Morgan fingerprint density at radius 3 is 2.61 bits per heavy atom. The first-order chi connectivity index (χ1) is 21.2. The van der Waals surface area contributed by atoms with Gasteiger partial charge in [-0.3, -0.25) is 4.79 Å². The third-order valence-corrected chi connectivity index (χ3v) is 7.05. The summed E-state index contributed by atoms with van der Waals surface area (Å²) in [6, 6.07) is 11.6. The molecule has 0 aliphatic carbocycles. The highest BCUT2D eigenvalue weighted by atomic mass is 19.4. The van der Waals surface area contributed by atoms with Crippen molar-refractivity contribution in [3.05, 3.63) is 89.1 Å². The Morgan fingerprint density at radius 1 is 1.09 bits per heavy atom. The van der Waals surface area contributed by atoms with Gasteiger partial charge < -0.3 is 25.0 Å². The van der Waals surface area contributed by atoms with Gasteiger partial charge in [0.1, 0.15) is 6.26 Å². The summed E-state index contributed by atoms with van der Waals surface area (Å²) >= 11 is 0. The van der Waals surface area contributed by atoms with E-state index in [1.54, 1.807) is 4.90 Å². The largest absolute Gasteiger partial charge is 0.507 e. The van der Waals surface area contributed by atoms with Crippen LogP contribution in [0.3, 0.4) is 0 Å². The first kappa shape index (κ1) is 31.6. The number of aliphatic hydroxyl groups is 1. The van der Waals surface area contributed by atoms with Crippen LogP contribution in [0.15, 0.2) is 82.4 Å². The monoisotopic (exact) mass is 607 g/mol. The van der Waals surface area contributed by atoms with Crippen molar-refractivity contribution in [3.8, 4) is 0 Å². The van der Waals surface area contributed by atoms with Gasteiger partial charge in [0.15, 0.2) is 6.10 Å². The molecule has 2 aromatic rings. The summed E-state index contributed by atoms with van der Waals surface area (Å²) in [5.74, 6) is 3.40. The lowest BCUT2D eigenvalue weighted by Gasteiger charge is -2.37. The van der Waals surface area contributed by atoms with Crippen LogP contribution >= 0.6 is 0 Å². The Kier molecular flexibility index (Phi) is 10.6. The van der Waals surface area contributed by atoms with Gasteiger partial charge in [-0.15, -0.1) is 0 Å². The fraction of sp³-hybridized carbons (Fsp3) is 0.323. The van der Waals surface area contributed by atoms with Gasteiger partial charge in [0, 0.05) is 49.5 Å². The number of hydrogen-bond donors (Lipinski definition) is 2. The van der Waals surface area contributed by atoms with Gasteiger partial charge in [-0.05, 0) is 54.0 Å². The van der Waals surface area contributed by atoms with Gasteiger partial charge in [-0.1, -0.05) is 36.4 Å². The van der Waals surface area contributed by atoms with E-state index in [0.29, 0.717) is 32.1 Å². The predicted molar refractivity (Wildman–Crippen MR) is 155 cm³/mol. The van der Waals surface area contributed by atoms with Crippen LogP contribution in [0.1, 0.15) is 29.5 Å². The first-order valence-corrected chi connectivity index (χ1v) is 13.7. The second kappa shape index (κ2) is 14.7. The van der Waals surface area contributed by atoms with Crippen LogP contribution in [-0.2, 0) is 28.5 Å². The fourth-order valence-electron chi connectivity index (χ4n) is 4.88. The van der Waals surface area contributed by atoms with Gasteiger partial charge in [0.05, 0.1) is 11.8 Å². The third kappa shape index (κ3) is 8.61. The second-order valence-electron chi connectivity index (χ2n) is 9.87. The number of benzene rings is 2. The summed E-state index contributed by atoms with van der Waals surface area (Å²) in [4.78, 5) is 49.1. The molecule has 2 aromatic carbocycles. The van der Waals surface area contributed by atoms with Crippen LogP contribution in [0.2, 0.25) is 0 Å². The number of halogens is 3. The minimum absolute atomic E-state index is 0.109. The fourth-order valence-corrected chi connectivity index (χ4v) is 4.88. The maximum absolute atomic E-state index is 13.3. The molecule has 0 aromatic heterocycles. The molecule has 0 radical (unpaired) electrons. The van der Waals surface area contributed by atoms with Gasteiger partial charge in [-0.2, -0.15) is 23.2 Å². The van der Waals surface area contributed by atoms with Crippen molar-refractivity contribution in [2.24, 2.45) is 9.98 Å². The zero-order chi connectivity index (χ0) is 31.5. The van der Waals surface area contributed by atoms with Gasteiger partial charge in [0.2, 0.25) is 0 Å². The Bertz CT molecular complexity index is 1590. The molecule has 4 rings (SSSR count). The van der Waals surface area contributed by atoms with E-state index in [2.05, 4.69) is 38.5 Å². The average molecular weight is 608 g/mol. The number of hydrogen-bond acceptors (Lipinski definition) is 6. The number of anilines is 1. The molecular formula is C31H28F3N5O5. The minimum Gasteiger partial charge on any atom is -0.507 e. The lowest BCUT2D eigenvalue weighted by Crippen LogP contribution is -2.50. The number of carbonyl (C=O) groups excluding carboxylic acids is 3. The van der Waals surface area contributed by atoms with Crippen molar-refractivity contribution in [2.45, 2.75) is 44.0 Å². The number of urea groups is 1. The molecule has 228 valence electrons. The Hall–Kier alpha value is -5.30.